The van der Waals surface area contributed by atoms with Gasteiger partial charge >= 0.3 is 0 Å². The van der Waals surface area contributed by atoms with E-state index >= 15 is 0 Å². The van der Waals surface area contributed by atoms with Crippen molar-refractivity contribution < 1.29 is 18.5 Å². The zero-order valence-corrected chi connectivity index (χ0v) is 10.8. The average Bonchev–Trinajstić information content (AvgIpc) is 2.44. The molecule has 0 radical (unpaired) electrons. The van der Waals surface area contributed by atoms with Crippen LogP contribution < -0.4 is 5.32 Å². The normalized spacial score (nSPS) is 10.2. The van der Waals surface area contributed by atoms with Crippen molar-refractivity contribution in [2.75, 3.05) is 5.32 Å². The Kier molecular flexibility index (Phi) is 4.03. The number of hydrogen-bond donors (Lipinski definition) is 1. The van der Waals surface area contributed by atoms with E-state index < -0.39 is 33.8 Å². The molecule has 21 heavy (non-hydrogen) atoms. The Morgan fingerprint density at radius 3 is 2.52 bits per heavy atom. The van der Waals surface area contributed by atoms with Gasteiger partial charge in [-0.05, 0) is 18.2 Å². The molecule has 0 saturated carbocycles. The summed E-state index contributed by atoms with van der Waals surface area (Å²) in [5.74, 6) is -3.87. The third-order valence-corrected chi connectivity index (χ3v) is 2.57. The number of carbonyl (C=O) groups excluding carboxylic acids is 1. The summed E-state index contributed by atoms with van der Waals surface area (Å²) in [6.45, 7) is 0. The largest absolute Gasteiger partial charge is 0.312 e. The van der Waals surface area contributed by atoms with Crippen LogP contribution in [0.4, 0.5) is 20.2 Å². The first-order chi connectivity index (χ1) is 9.90. The number of carbonyl (C=O) groups is 1. The van der Waals surface area contributed by atoms with Gasteiger partial charge in [-0.25, -0.2) is 8.78 Å². The molecule has 0 unspecified atom stereocenters. The molecular weight excluding hydrogens is 310 g/mol. The fraction of sp³-hybridized carbons (Fsp3) is 0. The second kappa shape index (κ2) is 5.75. The van der Waals surface area contributed by atoms with Crippen molar-refractivity contribution in [1.82, 2.24) is 10.2 Å². The van der Waals surface area contributed by atoms with Gasteiger partial charge < -0.3 is 5.32 Å². The number of nitrogens with zero attached hydrogens (tertiary/aromatic N) is 3. The highest BCUT2D eigenvalue weighted by Gasteiger charge is 2.24. The molecule has 1 heterocycles. The lowest BCUT2D eigenvalue weighted by Gasteiger charge is -2.07. The third kappa shape index (κ3) is 3.08. The zero-order valence-electron chi connectivity index (χ0n) is 10.0. The van der Waals surface area contributed by atoms with E-state index in [9.17, 15) is 23.7 Å². The molecule has 1 N–H and O–H groups in total. The summed E-state index contributed by atoms with van der Waals surface area (Å²) < 4.78 is 26.7. The van der Waals surface area contributed by atoms with Crippen molar-refractivity contribution >= 4 is 28.9 Å². The minimum atomic E-state index is -1.54. The Labute approximate surface area is 120 Å². The summed E-state index contributed by atoms with van der Waals surface area (Å²) in [4.78, 5) is 21.6. The number of nitro benzene ring substituents is 1. The van der Waals surface area contributed by atoms with Crippen LogP contribution in [-0.4, -0.2) is 21.0 Å². The van der Waals surface area contributed by atoms with E-state index in [-0.39, 0.29) is 10.8 Å². The van der Waals surface area contributed by atoms with Crippen molar-refractivity contribution in [3.63, 3.8) is 0 Å². The molecule has 2 aromatic rings. The van der Waals surface area contributed by atoms with Gasteiger partial charge in [0.15, 0.2) is 28.2 Å². The summed E-state index contributed by atoms with van der Waals surface area (Å²) in [6.07, 6.45) is 0. The zero-order chi connectivity index (χ0) is 15.6. The molecule has 1 amide bonds. The maximum absolute atomic E-state index is 13.6. The van der Waals surface area contributed by atoms with Crippen LogP contribution in [0.15, 0.2) is 24.3 Å². The lowest BCUT2D eigenvalue weighted by molar-refractivity contribution is -0.384. The number of anilines is 1. The minimum absolute atomic E-state index is 0.0227. The Hall–Kier alpha value is -2.68. The molecule has 0 bridgehead atoms. The Bertz CT molecular complexity index is 724. The highest BCUT2D eigenvalue weighted by atomic mass is 35.5. The van der Waals surface area contributed by atoms with Crippen LogP contribution in [0, 0.1) is 21.7 Å². The monoisotopic (exact) mass is 314 g/mol. The van der Waals surface area contributed by atoms with Gasteiger partial charge in [0.2, 0.25) is 0 Å². The number of hydrogen-bond acceptors (Lipinski definition) is 5. The molecule has 0 fully saturated rings. The molecule has 1 aromatic carbocycles. The van der Waals surface area contributed by atoms with E-state index in [1.165, 1.54) is 12.1 Å². The van der Waals surface area contributed by atoms with Gasteiger partial charge in [0.1, 0.15) is 0 Å². The third-order valence-electron chi connectivity index (χ3n) is 2.37. The number of aromatic nitrogens is 2. The highest BCUT2D eigenvalue weighted by molar-refractivity contribution is 6.29. The number of benzene rings is 1. The van der Waals surface area contributed by atoms with E-state index in [1.807, 2.05) is 5.32 Å². The maximum Gasteiger partial charge on any atom is 0.296 e. The quantitative estimate of drug-likeness (QED) is 0.693. The second-order valence-corrected chi connectivity index (χ2v) is 4.10. The first-order valence-electron chi connectivity index (χ1n) is 5.33. The van der Waals surface area contributed by atoms with Crippen LogP contribution in [0.1, 0.15) is 10.5 Å². The molecule has 1 aromatic heterocycles. The fourth-order valence-corrected chi connectivity index (χ4v) is 1.53. The lowest BCUT2D eigenvalue weighted by Crippen LogP contribution is -2.16. The molecular formula is C11H5ClF2N4O3. The van der Waals surface area contributed by atoms with E-state index in [1.54, 1.807) is 0 Å². The van der Waals surface area contributed by atoms with Crippen molar-refractivity contribution in [3.05, 3.63) is 56.9 Å². The summed E-state index contributed by atoms with van der Waals surface area (Å²) in [5, 5.41) is 19.5. The van der Waals surface area contributed by atoms with Crippen LogP contribution in [0.5, 0.6) is 0 Å². The first kappa shape index (κ1) is 14.7. The van der Waals surface area contributed by atoms with Crippen LogP contribution in [0.25, 0.3) is 0 Å². The molecule has 10 heteroatoms. The fourth-order valence-electron chi connectivity index (χ4n) is 1.43. The molecule has 0 aliphatic carbocycles. The summed E-state index contributed by atoms with van der Waals surface area (Å²) in [5.41, 5.74) is -1.94. The Balaban J connectivity index is 2.38. The van der Waals surface area contributed by atoms with Crippen LogP contribution >= 0.6 is 11.6 Å². The van der Waals surface area contributed by atoms with Crippen molar-refractivity contribution in [2.24, 2.45) is 0 Å². The standard InChI is InChI=1S/C11H5ClF2N4O3/c12-8-4-2-6(16-17-8)11(19)15-10-7(18(20)21)3-1-5(13)9(10)14/h1-4H,(H,15,19). The highest BCUT2D eigenvalue weighted by Crippen LogP contribution is 2.29. The van der Waals surface area contributed by atoms with Crippen LogP contribution in [0.3, 0.4) is 0 Å². The van der Waals surface area contributed by atoms with Gasteiger partial charge in [-0.1, -0.05) is 11.6 Å². The Morgan fingerprint density at radius 1 is 1.24 bits per heavy atom. The number of amides is 1. The summed E-state index contributed by atoms with van der Waals surface area (Å²) >= 11 is 5.49. The van der Waals surface area contributed by atoms with Gasteiger partial charge in [0.25, 0.3) is 11.6 Å². The summed E-state index contributed by atoms with van der Waals surface area (Å²) in [7, 11) is 0. The first-order valence-corrected chi connectivity index (χ1v) is 5.71. The number of rotatable bonds is 3. The topological polar surface area (TPSA) is 98.0 Å². The maximum atomic E-state index is 13.6. The second-order valence-electron chi connectivity index (χ2n) is 3.71. The molecule has 0 saturated heterocycles. The van der Waals surface area contributed by atoms with Gasteiger partial charge in [-0.3, -0.25) is 14.9 Å². The molecule has 2 rings (SSSR count). The van der Waals surface area contributed by atoms with Crippen molar-refractivity contribution in [3.8, 4) is 0 Å². The van der Waals surface area contributed by atoms with E-state index in [4.69, 9.17) is 11.6 Å². The number of nitro groups is 1. The van der Waals surface area contributed by atoms with E-state index in [0.29, 0.717) is 6.07 Å². The van der Waals surface area contributed by atoms with Crippen molar-refractivity contribution in [1.29, 1.82) is 0 Å². The number of nitrogens with one attached hydrogen (secondary N) is 1. The smallest absolute Gasteiger partial charge is 0.296 e. The predicted molar refractivity (Wildman–Crippen MR) is 68.0 cm³/mol. The van der Waals surface area contributed by atoms with Gasteiger partial charge in [-0.15, -0.1) is 10.2 Å². The molecule has 7 nitrogen and oxygen atoms in total. The molecule has 108 valence electrons. The SMILES string of the molecule is O=C(Nc1c([N+](=O)[O-])ccc(F)c1F)c1ccc(Cl)nn1. The van der Waals surface area contributed by atoms with E-state index in [2.05, 4.69) is 10.2 Å². The summed E-state index contributed by atoms with van der Waals surface area (Å²) in [6, 6.07) is 3.75. The predicted octanol–water partition coefficient (Wildman–Crippen LogP) is 2.57. The molecule has 0 atom stereocenters. The molecule has 0 aliphatic heterocycles. The lowest BCUT2D eigenvalue weighted by atomic mass is 10.2. The van der Waals surface area contributed by atoms with Crippen molar-refractivity contribution in [2.45, 2.75) is 0 Å². The average molecular weight is 315 g/mol. The Morgan fingerprint density at radius 2 is 1.95 bits per heavy atom. The number of halogens is 3. The molecule has 0 aliphatic rings. The van der Waals surface area contributed by atoms with Gasteiger partial charge in [0, 0.05) is 6.07 Å². The van der Waals surface area contributed by atoms with Gasteiger partial charge in [-0.2, -0.15) is 0 Å². The minimum Gasteiger partial charge on any atom is -0.312 e. The van der Waals surface area contributed by atoms with Gasteiger partial charge in [0.05, 0.1) is 4.92 Å². The van der Waals surface area contributed by atoms with Crippen LogP contribution in [-0.2, 0) is 0 Å². The van der Waals surface area contributed by atoms with Crippen LogP contribution in [0.2, 0.25) is 5.15 Å². The molecule has 0 spiro atoms. The van der Waals surface area contributed by atoms with E-state index in [0.717, 1.165) is 6.07 Å².